The van der Waals surface area contributed by atoms with Gasteiger partial charge in [-0.25, -0.2) is 4.98 Å². The van der Waals surface area contributed by atoms with Gasteiger partial charge in [-0.3, -0.25) is 4.90 Å². The molecule has 0 bridgehead atoms. The molecule has 128 valence electrons. The second-order valence-electron chi connectivity index (χ2n) is 6.24. The Hall–Kier alpha value is -1.34. The summed E-state index contributed by atoms with van der Waals surface area (Å²) in [6.45, 7) is 5.51. The van der Waals surface area contributed by atoms with Gasteiger partial charge in [0.05, 0.1) is 18.8 Å². The molecule has 2 aliphatic rings. The van der Waals surface area contributed by atoms with E-state index in [0.717, 1.165) is 51.8 Å². The van der Waals surface area contributed by atoms with Crippen molar-refractivity contribution in [1.82, 2.24) is 9.88 Å². The molecule has 2 saturated heterocycles. The lowest BCUT2D eigenvalue weighted by Gasteiger charge is -2.38. The van der Waals surface area contributed by atoms with Crippen molar-refractivity contribution in [1.29, 1.82) is 0 Å². The summed E-state index contributed by atoms with van der Waals surface area (Å²) in [5.41, 5.74) is -0.632. The van der Waals surface area contributed by atoms with Crippen LogP contribution in [0.15, 0.2) is 18.3 Å². The normalized spacial score (nSPS) is 24.0. The number of ether oxygens (including phenoxy) is 1. The van der Waals surface area contributed by atoms with Crippen LogP contribution in [-0.2, 0) is 10.9 Å². The number of anilines is 1. The Kier molecular flexibility index (Phi) is 5.06. The van der Waals surface area contributed by atoms with Crippen molar-refractivity contribution >= 4 is 5.82 Å². The minimum Gasteiger partial charge on any atom is -0.379 e. The third-order valence-electron chi connectivity index (χ3n) is 4.53. The average molecular weight is 329 g/mol. The zero-order valence-electron chi connectivity index (χ0n) is 13.1. The molecular weight excluding hydrogens is 307 g/mol. The van der Waals surface area contributed by atoms with E-state index < -0.39 is 11.7 Å². The number of nitrogens with zero attached hydrogens (tertiary/aromatic N) is 3. The van der Waals surface area contributed by atoms with Crippen LogP contribution >= 0.6 is 0 Å². The summed E-state index contributed by atoms with van der Waals surface area (Å²) >= 11 is 0. The molecule has 7 heteroatoms. The van der Waals surface area contributed by atoms with Crippen LogP contribution in [-0.4, -0.2) is 55.8 Å². The molecular formula is C16H22F3N3O. The Morgan fingerprint density at radius 1 is 1.22 bits per heavy atom. The Bertz CT molecular complexity index is 518. The Balaban J connectivity index is 1.69. The fourth-order valence-electron chi connectivity index (χ4n) is 3.43. The molecule has 3 rings (SSSR count). The lowest BCUT2D eigenvalue weighted by molar-refractivity contribution is -0.137. The number of alkyl halides is 3. The van der Waals surface area contributed by atoms with Crippen LogP contribution in [0.5, 0.6) is 0 Å². The Labute approximate surface area is 134 Å². The summed E-state index contributed by atoms with van der Waals surface area (Å²) in [6, 6.07) is 2.47. The summed E-state index contributed by atoms with van der Waals surface area (Å²) in [5, 5.41) is 0. The number of halogens is 3. The summed E-state index contributed by atoms with van der Waals surface area (Å²) in [6.07, 6.45) is -0.957. The maximum Gasteiger partial charge on any atom is 0.419 e. The first kappa shape index (κ1) is 16.5. The van der Waals surface area contributed by atoms with Gasteiger partial charge in [0.25, 0.3) is 0 Å². The minimum absolute atomic E-state index is 0.0756. The topological polar surface area (TPSA) is 28.6 Å². The van der Waals surface area contributed by atoms with Gasteiger partial charge in [-0.1, -0.05) is 0 Å². The summed E-state index contributed by atoms with van der Waals surface area (Å²) < 4.78 is 44.9. The Morgan fingerprint density at radius 2 is 2.00 bits per heavy atom. The van der Waals surface area contributed by atoms with Crippen molar-refractivity contribution in [3.05, 3.63) is 23.9 Å². The van der Waals surface area contributed by atoms with E-state index in [0.29, 0.717) is 19.0 Å². The highest BCUT2D eigenvalue weighted by molar-refractivity contribution is 5.48. The first-order valence-corrected chi connectivity index (χ1v) is 8.11. The molecule has 0 aliphatic carbocycles. The van der Waals surface area contributed by atoms with Crippen LogP contribution in [0.25, 0.3) is 0 Å². The van der Waals surface area contributed by atoms with Crippen LogP contribution in [0, 0.1) is 5.92 Å². The molecule has 2 aliphatic heterocycles. The second-order valence-corrected chi connectivity index (χ2v) is 6.24. The van der Waals surface area contributed by atoms with Crippen molar-refractivity contribution in [2.75, 3.05) is 50.8 Å². The van der Waals surface area contributed by atoms with E-state index in [-0.39, 0.29) is 5.82 Å². The second kappa shape index (κ2) is 7.05. The number of rotatable bonds is 3. The summed E-state index contributed by atoms with van der Waals surface area (Å²) in [4.78, 5) is 8.17. The van der Waals surface area contributed by atoms with E-state index >= 15 is 0 Å². The highest BCUT2D eigenvalue weighted by Crippen LogP contribution is 2.36. The molecule has 1 atom stereocenters. The number of hydrogen-bond donors (Lipinski definition) is 0. The highest BCUT2D eigenvalue weighted by Gasteiger charge is 2.36. The van der Waals surface area contributed by atoms with E-state index in [2.05, 4.69) is 9.88 Å². The van der Waals surface area contributed by atoms with Crippen LogP contribution in [0.4, 0.5) is 19.0 Å². The fourth-order valence-corrected chi connectivity index (χ4v) is 3.43. The zero-order chi connectivity index (χ0) is 16.3. The minimum atomic E-state index is -4.36. The molecule has 23 heavy (non-hydrogen) atoms. The molecule has 1 aromatic heterocycles. The highest BCUT2D eigenvalue weighted by atomic mass is 19.4. The number of morpholine rings is 1. The van der Waals surface area contributed by atoms with Crippen molar-refractivity contribution < 1.29 is 17.9 Å². The molecule has 4 nitrogen and oxygen atoms in total. The van der Waals surface area contributed by atoms with E-state index in [9.17, 15) is 13.2 Å². The van der Waals surface area contributed by atoms with Crippen molar-refractivity contribution in [3.8, 4) is 0 Å². The number of pyridine rings is 1. The van der Waals surface area contributed by atoms with Crippen LogP contribution < -0.4 is 4.90 Å². The van der Waals surface area contributed by atoms with Gasteiger partial charge in [0.1, 0.15) is 5.82 Å². The smallest absolute Gasteiger partial charge is 0.379 e. The lowest BCUT2D eigenvalue weighted by atomic mass is 9.96. The lowest BCUT2D eigenvalue weighted by Crippen LogP contribution is -2.45. The number of hydrogen-bond acceptors (Lipinski definition) is 4. The molecule has 3 heterocycles. The number of piperidine rings is 1. The quantitative estimate of drug-likeness (QED) is 0.852. The van der Waals surface area contributed by atoms with Gasteiger partial charge < -0.3 is 9.64 Å². The summed E-state index contributed by atoms with van der Waals surface area (Å²) in [7, 11) is 0. The van der Waals surface area contributed by atoms with Gasteiger partial charge in [0.2, 0.25) is 0 Å². The summed E-state index contributed by atoms with van der Waals surface area (Å²) in [5.74, 6) is 0.455. The molecule has 0 amide bonds. The van der Waals surface area contributed by atoms with E-state index in [4.69, 9.17) is 4.74 Å². The maximum atomic E-state index is 13.2. The van der Waals surface area contributed by atoms with E-state index in [1.807, 2.05) is 0 Å². The standard InChI is InChI=1S/C16H22F3N3O/c17-16(18,19)14-4-1-5-20-15(14)22-6-2-3-13(12-22)11-21-7-9-23-10-8-21/h1,4-5,13H,2-3,6-12H2/t13-/m1/s1. The van der Waals surface area contributed by atoms with Gasteiger partial charge in [-0.05, 0) is 30.9 Å². The predicted molar refractivity (Wildman–Crippen MR) is 81.4 cm³/mol. The van der Waals surface area contributed by atoms with Crippen LogP contribution in [0.3, 0.4) is 0 Å². The third-order valence-corrected chi connectivity index (χ3v) is 4.53. The first-order chi connectivity index (χ1) is 11.0. The maximum absolute atomic E-state index is 13.2. The van der Waals surface area contributed by atoms with Gasteiger partial charge in [0.15, 0.2) is 0 Å². The van der Waals surface area contributed by atoms with Crippen molar-refractivity contribution in [3.63, 3.8) is 0 Å². The van der Waals surface area contributed by atoms with Crippen LogP contribution in [0.2, 0.25) is 0 Å². The fraction of sp³-hybridized carbons (Fsp3) is 0.688. The first-order valence-electron chi connectivity index (χ1n) is 8.11. The molecule has 0 saturated carbocycles. The van der Waals surface area contributed by atoms with E-state index in [1.165, 1.54) is 12.3 Å². The van der Waals surface area contributed by atoms with Crippen molar-refractivity contribution in [2.45, 2.75) is 19.0 Å². The molecule has 0 unspecified atom stereocenters. The van der Waals surface area contributed by atoms with Gasteiger partial charge in [0, 0.05) is 38.9 Å². The van der Waals surface area contributed by atoms with E-state index in [1.54, 1.807) is 4.90 Å². The van der Waals surface area contributed by atoms with Gasteiger partial charge in [-0.15, -0.1) is 0 Å². The zero-order valence-corrected chi connectivity index (χ0v) is 13.1. The molecule has 0 N–H and O–H groups in total. The molecule has 0 radical (unpaired) electrons. The Morgan fingerprint density at radius 3 is 2.74 bits per heavy atom. The van der Waals surface area contributed by atoms with Gasteiger partial charge >= 0.3 is 6.18 Å². The predicted octanol–water partition coefficient (Wildman–Crippen LogP) is 2.65. The molecule has 0 spiro atoms. The molecule has 0 aromatic carbocycles. The van der Waals surface area contributed by atoms with Gasteiger partial charge in [-0.2, -0.15) is 13.2 Å². The van der Waals surface area contributed by atoms with Crippen LogP contribution in [0.1, 0.15) is 18.4 Å². The molecule has 2 fully saturated rings. The largest absolute Gasteiger partial charge is 0.419 e. The van der Waals surface area contributed by atoms with Crippen molar-refractivity contribution in [2.24, 2.45) is 5.92 Å². The molecule has 1 aromatic rings. The SMILES string of the molecule is FC(F)(F)c1cccnc1N1CCC[C@H](CN2CCOCC2)C1. The number of aromatic nitrogens is 1. The average Bonchev–Trinajstić information content (AvgIpc) is 2.55. The third kappa shape index (κ3) is 4.14. The monoisotopic (exact) mass is 329 g/mol.